The van der Waals surface area contributed by atoms with Crippen LogP contribution in [0.5, 0.6) is 0 Å². The Morgan fingerprint density at radius 3 is 2.03 bits per heavy atom. The third kappa shape index (κ3) is 10.2. The van der Waals surface area contributed by atoms with Crippen LogP contribution in [0.4, 0.5) is 0 Å². The second kappa shape index (κ2) is 13.6. The zero-order valence-electron chi connectivity index (χ0n) is 19.2. The van der Waals surface area contributed by atoms with Crippen LogP contribution in [-0.4, -0.2) is 85.1 Å². The number of nitrogens with one attached hydrogen (secondary N) is 4. The van der Waals surface area contributed by atoms with Crippen LogP contribution in [0, 0.1) is 5.92 Å². The smallest absolute Gasteiger partial charge is 0.326 e. The lowest BCUT2D eigenvalue weighted by atomic mass is 10.0. The number of aliphatic carboxylic acids is 3. The zero-order valence-corrected chi connectivity index (χ0v) is 19.2. The van der Waals surface area contributed by atoms with Crippen molar-refractivity contribution in [2.45, 2.75) is 63.7 Å². The van der Waals surface area contributed by atoms with Gasteiger partial charge in [0.2, 0.25) is 17.7 Å². The van der Waals surface area contributed by atoms with Gasteiger partial charge in [-0.2, -0.15) is 0 Å². The van der Waals surface area contributed by atoms with Gasteiger partial charge in [0.1, 0.15) is 18.1 Å². The van der Waals surface area contributed by atoms with Crippen molar-refractivity contribution in [2.75, 3.05) is 0 Å². The van der Waals surface area contributed by atoms with Crippen LogP contribution in [0.25, 0.3) is 0 Å². The summed E-state index contributed by atoms with van der Waals surface area (Å²) >= 11 is 0. The first-order chi connectivity index (χ1) is 16.3. The Kier molecular flexibility index (Phi) is 11.3. The average molecular weight is 498 g/mol. The third-order valence-corrected chi connectivity index (χ3v) is 4.85. The number of carboxylic acids is 3. The fourth-order valence-corrected chi connectivity index (χ4v) is 2.96. The molecular formula is C20H30N6O9. The van der Waals surface area contributed by atoms with Crippen molar-refractivity contribution in [2.24, 2.45) is 11.7 Å². The maximum atomic E-state index is 12.9. The van der Waals surface area contributed by atoms with Crippen LogP contribution < -0.4 is 21.7 Å². The average Bonchev–Trinajstić information content (AvgIpc) is 3.25. The monoisotopic (exact) mass is 498 g/mol. The summed E-state index contributed by atoms with van der Waals surface area (Å²) in [4.78, 5) is 77.9. The maximum Gasteiger partial charge on any atom is 0.326 e. The summed E-state index contributed by atoms with van der Waals surface area (Å²) < 4.78 is 0. The lowest BCUT2D eigenvalue weighted by molar-refractivity contribution is -0.143. The van der Waals surface area contributed by atoms with Crippen molar-refractivity contribution in [1.82, 2.24) is 25.9 Å². The summed E-state index contributed by atoms with van der Waals surface area (Å²) in [5.74, 6) is -7.15. The molecule has 1 aromatic heterocycles. The molecule has 15 heteroatoms. The van der Waals surface area contributed by atoms with Crippen molar-refractivity contribution in [3.05, 3.63) is 18.2 Å². The number of aromatic amines is 1. The first-order valence-electron chi connectivity index (χ1n) is 10.6. The summed E-state index contributed by atoms with van der Waals surface area (Å²) in [6, 6.07) is -5.53. The molecule has 0 aliphatic heterocycles. The summed E-state index contributed by atoms with van der Waals surface area (Å²) in [5, 5.41) is 34.1. The molecule has 0 bridgehead atoms. The van der Waals surface area contributed by atoms with E-state index in [4.69, 9.17) is 15.9 Å². The van der Waals surface area contributed by atoms with Crippen molar-refractivity contribution in [1.29, 1.82) is 0 Å². The number of carboxylic acid groups (broad SMARTS) is 3. The summed E-state index contributed by atoms with van der Waals surface area (Å²) in [6.45, 7) is 3.17. The van der Waals surface area contributed by atoms with Crippen molar-refractivity contribution in [3.63, 3.8) is 0 Å². The van der Waals surface area contributed by atoms with Gasteiger partial charge < -0.3 is 42.0 Å². The fourth-order valence-electron chi connectivity index (χ4n) is 2.96. The quantitative estimate of drug-likeness (QED) is 0.129. The van der Waals surface area contributed by atoms with E-state index >= 15 is 0 Å². The molecule has 1 rings (SSSR count). The van der Waals surface area contributed by atoms with E-state index in [1.807, 2.05) is 0 Å². The molecule has 0 radical (unpaired) electrons. The van der Waals surface area contributed by atoms with Crippen molar-refractivity contribution >= 4 is 35.6 Å². The topological polar surface area (TPSA) is 254 Å². The molecular weight excluding hydrogens is 468 g/mol. The Morgan fingerprint density at radius 1 is 0.943 bits per heavy atom. The standard InChI is InChI=1S/C20H30N6O9/c1-9(2)16(20(34)35)26-19(33)13(5-10-7-22-8-23-10)25-18(32)12(3-4-14(27)28)24-17(31)11(21)6-15(29)30/h7-9,11-13,16H,3-6,21H2,1-2H3,(H,22,23)(H,24,31)(H,25,32)(H,26,33)(H,27,28)(H,29,30)(H,34,35). The molecule has 35 heavy (non-hydrogen) atoms. The van der Waals surface area contributed by atoms with E-state index in [1.54, 1.807) is 13.8 Å². The van der Waals surface area contributed by atoms with Crippen LogP contribution in [0.2, 0.25) is 0 Å². The second-order valence-electron chi connectivity index (χ2n) is 8.11. The largest absolute Gasteiger partial charge is 0.481 e. The minimum atomic E-state index is -1.50. The van der Waals surface area contributed by atoms with Crippen LogP contribution in [0.15, 0.2) is 12.5 Å². The number of nitrogens with zero attached hydrogens (tertiary/aromatic N) is 1. The summed E-state index contributed by atoms with van der Waals surface area (Å²) in [6.07, 6.45) is 0.960. The summed E-state index contributed by atoms with van der Waals surface area (Å²) in [7, 11) is 0. The number of carbonyl (C=O) groups excluding carboxylic acids is 3. The number of hydrogen-bond donors (Lipinski definition) is 8. The van der Waals surface area contributed by atoms with Gasteiger partial charge in [-0.3, -0.25) is 24.0 Å². The number of nitrogens with two attached hydrogens (primary N) is 1. The maximum absolute atomic E-state index is 12.9. The molecule has 0 fully saturated rings. The molecule has 0 aliphatic rings. The van der Waals surface area contributed by atoms with Gasteiger partial charge >= 0.3 is 17.9 Å². The van der Waals surface area contributed by atoms with Gasteiger partial charge in [0, 0.05) is 24.7 Å². The molecule has 4 unspecified atom stereocenters. The molecule has 15 nitrogen and oxygen atoms in total. The molecule has 4 atom stereocenters. The van der Waals surface area contributed by atoms with E-state index < -0.39 is 78.6 Å². The number of H-pyrrole nitrogens is 1. The number of amides is 3. The second-order valence-corrected chi connectivity index (χ2v) is 8.11. The van der Waals surface area contributed by atoms with Crippen molar-refractivity contribution < 1.29 is 44.1 Å². The van der Waals surface area contributed by atoms with E-state index in [2.05, 4.69) is 25.9 Å². The van der Waals surface area contributed by atoms with Gasteiger partial charge in [0.15, 0.2) is 0 Å². The number of hydrogen-bond acceptors (Lipinski definition) is 8. The lowest BCUT2D eigenvalue weighted by Crippen LogP contribution is -2.58. The number of rotatable bonds is 15. The fraction of sp³-hybridized carbons (Fsp3) is 0.550. The number of aromatic nitrogens is 2. The Labute approximate surface area is 199 Å². The van der Waals surface area contributed by atoms with Gasteiger partial charge in [-0.05, 0) is 12.3 Å². The van der Waals surface area contributed by atoms with Crippen LogP contribution in [-0.2, 0) is 35.2 Å². The normalized spacial score (nSPS) is 14.3. The Bertz CT molecular complexity index is 918. The number of imidazole rings is 1. The van der Waals surface area contributed by atoms with Gasteiger partial charge in [-0.25, -0.2) is 9.78 Å². The minimum Gasteiger partial charge on any atom is -0.481 e. The molecule has 0 spiro atoms. The molecule has 0 aromatic carbocycles. The zero-order chi connectivity index (χ0) is 26.7. The van der Waals surface area contributed by atoms with Gasteiger partial charge in [0.25, 0.3) is 0 Å². The molecule has 0 saturated carbocycles. The van der Waals surface area contributed by atoms with Gasteiger partial charge in [0.05, 0.1) is 18.8 Å². The highest BCUT2D eigenvalue weighted by Crippen LogP contribution is 2.07. The number of carbonyl (C=O) groups is 6. The Hall–Kier alpha value is -4.01. The molecule has 0 aliphatic carbocycles. The first kappa shape index (κ1) is 29.0. The Morgan fingerprint density at radius 2 is 1.54 bits per heavy atom. The highest BCUT2D eigenvalue weighted by molar-refractivity contribution is 5.95. The SMILES string of the molecule is CC(C)C(NC(=O)C(Cc1cnc[nH]1)NC(=O)C(CCC(=O)O)NC(=O)C(N)CC(=O)O)C(=O)O. The predicted octanol–water partition coefficient (Wildman–Crippen LogP) is -2.19. The van der Waals surface area contributed by atoms with Crippen LogP contribution in [0.3, 0.4) is 0 Å². The van der Waals surface area contributed by atoms with E-state index in [1.165, 1.54) is 12.5 Å². The molecule has 0 saturated heterocycles. The lowest BCUT2D eigenvalue weighted by Gasteiger charge is -2.25. The molecule has 1 aromatic rings. The van der Waals surface area contributed by atoms with E-state index in [0.29, 0.717) is 5.69 Å². The van der Waals surface area contributed by atoms with E-state index in [9.17, 15) is 33.9 Å². The van der Waals surface area contributed by atoms with Gasteiger partial charge in [-0.1, -0.05) is 13.8 Å². The van der Waals surface area contributed by atoms with Crippen LogP contribution >= 0.6 is 0 Å². The highest BCUT2D eigenvalue weighted by atomic mass is 16.4. The minimum absolute atomic E-state index is 0.125. The first-order valence-corrected chi connectivity index (χ1v) is 10.6. The third-order valence-electron chi connectivity index (χ3n) is 4.85. The molecule has 3 amide bonds. The van der Waals surface area contributed by atoms with E-state index in [0.717, 1.165) is 0 Å². The van der Waals surface area contributed by atoms with Gasteiger partial charge in [-0.15, -0.1) is 0 Å². The van der Waals surface area contributed by atoms with Crippen molar-refractivity contribution in [3.8, 4) is 0 Å². The molecule has 194 valence electrons. The summed E-state index contributed by atoms with van der Waals surface area (Å²) in [5.41, 5.74) is 5.93. The highest BCUT2D eigenvalue weighted by Gasteiger charge is 2.32. The predicted molar refractivity (Wildman–Crippen MR) is 118 cm³/mol. The Balaban J connectivity index is 3.09. The van der Waals surface area contributed by atoms with E-state index in [-0.39, 0.29) is 12.8 Å². The van der Waals surface area contributed by atoms with Crippen LogP contribution in [0.1, 0.15) is 38.8 Å². The molecule has 9 N–H and O–H groups in total. The molecule has 1 heterocycles.